The zero-order chi connectivity index (χ0) is 24.1. The average molecular weight is 503 g/mol. The molecule has 1 fully saturated rings. The van der Waals surface area contributed by atoms with E-state index in [9.17, 15) is 14.9 Å². The van der Waals surface area contributed by atoms with E-state index >= 15 is 0 Å². The van der Waals surface area contributed by atoms with Crippen molar-refractivity contribution in [2.24, 2.45) is 0 Å². The van der Waals surface area contributed by atoms with Gasteiger partial charge in [0, 0.05) is 32.2 Å². The van der Waals surface area contributed by atoms with Gasteiger partial charge in [0.25, 0.3) is 16.8 Å². The summed E-state index contributed by atoms with van der Waals surface area (Å²) in [6, 6.07) is 11.6. The number of anilines is 2. The first-order valence-corrected chi connectivity index (χ1v) is 12.1. The third-order valence-corrected chi connectivity index (χ3v) is 6.58. The van der Waals surface area contributed by atoms with Crippen molar-refractivity contribution < 1.29 is 14.1 Å². The van der Waals surface area contributed by atoms with Crippen LogP contribution in [0.5, 0.6) is 0 Å². The third kappa shape index (κ3) is 5.49. The van der Waals surface area contributed by atoms with Gasteiger partial charge in [0.05, 0.1) is 27.1 Å². The smallest absolute Gasteiger partial charge is 0.282 e. The highest BCUT2D eigenvalue weighted by molar-refractivity contribution is 7.99. The highest BCUT2D eigenvalue weighted by atomic mass is 35.5. The Balaban J connectivity index is 1.40. The molecule has 1 aliphatic rings. The molecule has 2 heterocycles. The molecular formula is C22H23ClN6O4S. The van der Waals surface area contributed by atoms with E-state index in [0.29, 0.717) is 10.7 Å². The van der Waals surface area contributed by atoms with Gasteiger partial charge >= 0.3 is 0 Å². The molecule has 178 valence electrons. The quantitative estimate of drug-likeness (QED) is 0.275. The van der Waals surface area contributed by atoms with E-state index in [1.165, 1.54) is 12.1 Å². The van der Waals surface area contributed by atoms with Gasteiger partial charge in [-0.2, -0.15) is 0 Å². The molecule has 0 radical (unpaired) electrons. The number of piperazine rings is 1. The summed E-state index contributed by atoms with van der Waals surface area (Å²) in [4.78, 5) is 27.9. The van der Waals surface area contributed by atoms with Crippen LogP contribution in [0.1, 0.15) is 6.92 Å². The number of hydrogen-bond acceptors (Lipinski definition) is 9. The molecule has 0 aliphatic carbocycles. The van der Waals surface area contributed by atoms with E-state index in [2.05, 4.69) is 32.2 Å². The molecule has 0 atom stereocenters. The highest BCUT2D eigenvalue weighted by Crippen LogP contribution is 2.35. The second-order valence-corrected chi connectivity index (χ2v) is 8.88. The van der Waals surface area contributed by atoms with Crippen molar-refractivity contribution >= 4 is 46.3 Å². The van der Waals surface area contributed by atoms with Crippen LogP contribution in [-0.2, 0) is 4.79 Å². The minimum atomic E-state index is -0.509. The van der Waals surface area contributed by atoms with Crippen LogP contribution in [0.25, 0.3) is 11.5 Å². The number of nitro benzene ring substituents is 1. The second-order valence-electron chi connectivity index (χ2n) is 7.54. The van der Waals surface area contributed by atoms with Crippen LogP contribution in [0.2, 0.25) is 5.02 Å². The summed E-state index contributed by atoms with van der Waals surface area (Å²) in [6.07, 6.45) is 0. The van der Waals surface area contributed by atoms with Crippen LogP contribution in [0.4, 0.5) is 17.1 Å². The molecule has 10 nitrogen and oxygen atoms in total. The van der Waals surface area contributed by atoms with Crippen molar-refractivity contribution in [2.75, 3.05) is 48.7 Å². The zero-order valence-electron chi connectivity index (χ0n) is 18.4. The fraction of sp³-hybridized carbons (Fsp3) is 0.318. The number of carbonyl (C=O) groups is 1. The first-order chi connectivity index (χ1) is 16.5. The third-order valence-electron chi connectivity index (χ3n) is 5.46. The number of nitro groups is 1. The molecule has 0 bridgehead atoms. The predicted octanol–water partition coefficient (Wildman–Crippen LogP) is 4.17. The minimum Gasteiger partial charge on any atom is -0.411 e. The lowest BCUT2D eigenvalue weighted by Gasteiger charge is -2.36. The Hall–Kier alpha value is -3.15. The van der Waals surface area contributed by atoms with Gasteiger partial charge in [0.1, 0.15) is 5.56 Å². The maximum absolute atomic E-state index is 12.7. The van der Waals surface area contributed by atoms with Crippen molar-refractivity contribution in [3.05, 3.63) is 57.6 Å². The standard InChI is InChI=1S/C22H23ClN6O4S/c1-2-27-10-12-28(13-11-27)20-16(23)7-5-8-17(20)24-19(30)14-34-22-26-25-21(33-22)15-6-3-4-9-18(15)29(31)32/h3-9H,2,10-14H2,1H3,(H,24,30). The molecule has 12 heteroatoms. The highest BCUT2D eigenvalue weighted by Gasteiger charge is 2.22. The largest absolute Gasteiger partial charge is 0.411 e. The Labute approximate surface area is 205 Å². The van der Waals surface area contributed by atoms with Crippen LogP contribution >= 0.6 is 23.4 Å². The van der Waals surface area contributed by atoms with Gasteiger partial charge in [-0.3, -0.25) is 14.9 Å². The summed E-state index contributed by atoms with van der Waals surface area (Å²) in [6.45, 7) is 6.67. The molecule has 0 spiro atoms. The number of likely N-dealkylation sites (N-methyl/N-ethyl adjacent to an activating group) is 1. The SMILES string of the molecule is CCN1CCN(c2c(Cl)cccc2NC(=O)CSc2nnc(-c3ccccc3[N+](=O)[O-])o2)CC1. The number of hydrogen-bond donors (Lipinski definition) is 1. The lowest BCUT2D eigenvalue weighted by atomic mass is 10.2. The van der Waals surface area contributed by atoms with E-state index in [1.54, 1.807) is 18.2 Å². The summed E-state index contributed by atoms with van der Waals surface area (Å²) < 4.78 is 5.54. The summed E-state index contributed by atoms with van der Waals surface area (Å²) in [5, 5.41) is 22.7. The minimum absolute atomic E-state index is 0.0219. The number of carbonyl (C=O) groups excluding carboxylic acids is 1. The molecule has 2 aromatic carbocycles. The van der Waals surface area contributed by atoms with Crippen LogP contribution in [0.3, 0.4) is 0 Å². The lowest BCUT2D eigenvalue weighted by molar-refractivity contribution is -0.384. The van der Waals surface area contributed by atoms with Gasteiger partial charge in [-0.25, -0.2) is 0 Å². The van der Waals surface area contributed by atoms with Crippen molar-refractivity contribution in [3.8, 4) is 11.5 Å². The van der Waals surface area contributed by atoms with Gasteiger partial charge in [-0.15, -0.1) is 10.2 Å². The van der Waals surface area contributed by atoms with Gasteiger partial charge in [0.2, 0.25) is 5.91 Å². The maximum Gasteiger partial charge on any atom is 0.282 e. The fourth-order valence-corrected chi connectivity index (χ4v) is 4.59. The van der Waals surface area contributed by atoms with Gasteiger partial charge in [0.15, 0.2) is 0 Å². The summed E-state index contributed by atoms with van der Waals surface area (Å²) in [5.74, 6) is -0.210. The predicted molar refractivity (Wildman–Crippen MR) is 132 cm³/mol. The van der Waals surface area contributed by atoms with Crippen LogP contribution in [0.15, 0.2) is 52.1 Å². The zero-order valence-corrected chi connectivity index (χ0v) is 20.0. The fourth-order valence-electron chi connectivity index (χ4n) is 3.73. The monoisotopic (exact) mass is 502 g/mol. The Morgan fingerprint density at radius 3 is 2.68 bits per heavy atom. The molecule has 1 aliphatic heterocycles. The average Bonchev–Trinajstić information content (AvgIpc) is 3.32. The summed E-state index contributed by atoms with van der Waals surface area (Å²) in [7, 11) is 0. The van der Waals surface area contributed by atoms with E-state index < -0.39 is 4.92 Å². The Kier molecular flexibility index (Phi) is 7.66. The molecule has 1 N–H and O–H groups in total. The molecule has 0 saturated carbocycles. The number of benzene rings is 2. The number of halogens is 1. The van der Waals surface area contributed by atoms with Crippen LogP contribution in [0, 0.1) is 10.1 Å². The maximum atomic E-state index is 12.7. The van der Waals surface area contributed by atoms with Crippen molar-refractivity contribution in [1.29, 1.82) is 0 Å². The summed E-state index contributed by atoms with van der Waals surface area (Å²) >= 11 is 7.54. The van der Waals surface area contributed by atoms with Crippen LogP contribution in [-0.4, -0.2) is 64.4 Å². The Bertz CT molecular complexity index is 1180. The van der Waals surface area contributed by atoms with E-state index in [1.807, 2.05) is 12.1 Å². The molecule has 0 unspecified atom stereocenters. The number of para-hydroxylation sites is 2. The topological polar surface area (TPSA) is 118 Å². The normalized spacial score (nSPS) is 14.2. The number of nitrogens with one attached hydrogen (secondary N) is 1. The first kappa shape index (κ1) is 24.0. The van der Waals surface area contributed by atoms with Gasteiger partial charge < -0.3 is 19.5 Å². The number of thioether (sulfide) groups is 1. The molecular weight excluding hydrogens is 480 g/mol. The molecule has 34 heavy (non-hydrogen) atoms. The second kappa shape index (κ2) is 10.9. The number of aromatic nitrogens is 2. The van der Waals surface area contributed by atoms with Gasteiger partial charge in [-0.05, 0) is 24.7 Å². The molecule has 3 aromatic rings. The van der Waals surface area contributed by atoms with E-state index in [0.717, 1.165) is 50.2 Å². The Morgan fingerprint density at radius 2 is 1.94 bits per heavy atom. The molecule has 1 aromatic heterocycles. The van der Waals surface area contributed by atoms with Gasteiger partial charge in [-0.1, -0.05) is 48.5 Å². The number of amides is 1. The van der Waals surface area contributed by atoms with Crippen LogP contribution < -0.4 is 10.2 Å². The Morgan fingerprint density at radius 1 is 1.18 bits per heavy atom. The van der Waals surface area contributed by atoms with Crippen molar-refractivity contribution in [2.45, 2.75) is 12.1 Å². The van der Waals surface area contributed by atoms with E-state index in [-0.39, 0.29) is 34.0 Å². The first-order valence-electron chi connectivity index (χ1n) is 10.7. The molecule has 1 saturated heterocycles. The number of rotatable bonds is 8. The lowest BCUT2D eigenvalue weighted by Crippen LogP contribution is -2.46. The number of nitrogens with zero attached hydrogens (tertiary/aromatic N) is 5. The molecule has 4 rings (SSSR count). The molecule has 1 amide bonds. The van der Waals surface area contributed by atoms with Crippen molar-refractivity contribution in [3.63, 3.8) is 0 Å². The van der Waals surface area contributed by atoms with E-state index in [4.69, 9.17) is 16.0 Å². The van der Waals surface area contributed by atoms with Crippen molar-refractivity contribution in [1.82, 2.24) is 15.1 Å². The summed E-state index contributed by atoms with van der Waals surface area (Å²) in [5.41, 5.74) is 1.56.